The molecule has 1 aliphatic rings. The van der Waals surface area contributed by atoms with Gasteiger partial charge < -0.3 is 10.1 Å². The topological polar surface area (TPSA) is 83.0 Å². The number of H-pyrrole nitrogens is 1. The van der Waals surface area contributed by atoms with Crippen molar-refractivity contribution in [2.75, 3.05) is 0 Å². The quantitative estimate of drug-likeness (QED) is 0.862. The summed E-state index contributed by atoms with van der Waals surface area (Å²) < 4.78 is 0. The number of carbonyl (C=O) groups is 1. The van der Waals surface area contributed by atoms with Crippen LogP contribution in [0.3, 0.4) is 0 Å². The van der Waals surface area contributed by atoms with E-state index in [0.29, 0.717) is 10.7 Å². The maximum absolute atomic E-state index is 11.8. The second kappa shape index (κ2) is 4.06. The van der Waals surface area contributed by atoms with Crippen molar-refractivity contribution in [3.63, 3.8) is 0 Å². The van der Waals surface area contributed by atoms with Crippen LogP contribution in [0.25, 0.3) is 10.7 Å². The molecule has 2 aromatic heterocycles. The Morgan fingerprint density at radius 1 is 1.39 bits per heavy atom. The fraction of sp³-hybridized carbons (Fsp3) is 0.250. The number of rotatable bonds is 2. The van der Waals surface area contributed by atoms with Crippen LogP contribution >= 0.6 is 11.3 Å². The molecule has 2 N–H and O–H groups in total. The summed E-state index contributed by atoms with van der Waals surface area (Å²) in [5.41, 5.74) is 1.52. The molecule has 1 aliphatic carbocycles. The van der Waals surface area contributed by atoms with Crippen LogP contribution in [-0.2, 0) is 12.8 Å². The van der Waals surface area contributed by atoms with Gasteiger partial charge in [-0.15, -0.1) is 11.3 Å². The first-order valence-electron chi connectivity index (χ1n) is 5.61. The molecule has 0 saturated carbocycles. The van der Waals surface area contributed by atoms with Crippen LogP contribution in [-0.4, -0.2) is 21.0 Å². The van der Waals surface area contributed by atoms with Crippen molar-refractivity contribution in [2.45, 2.75) is 19.3 Å². The summed E-state index contributed by atoms with van der Waals surface area (Å²) in [6.07, 6.45) is 2.56. The molecule has 0 radical (unpaired) electrons. The maximum Gasteiger partial charge on any atom is 0.345 e. The van der Waals surface area contributed by atoms with Crippen LogP contribution in [0.2, 0.25) is 0 Å². The van der Waals surface area contributed by atoms with E-state index in [2.05, 4.69) is 9.97 Å². The molecule has 3 rings (SSSR count). The van der Waals surface area contributed by atoms with Gasteiger partial charge >= 0.3 is 5.97 Å². The lowest BCUT2D eigenvalue weighted by molar-refractivity contribution is 0.0702. The van der Waals surface area contributed by atoms with Gasteiger partial charge in [0, 0.05) is 5.56 Å². The Balaban J connectivity index is 2.09. The van der Waals surface area contributed by atoms with Crippen molar-refractivity contribution >= 4 is 17.3 Å². The summed E-state index contributed by atoms with van der Waals surface area (Å²) in [7, 11) is 0. The lowest BCUT2D eigenvalue weighted by Crippen LogP contribution is -2.14. The molecule has 2 aromatic rings. The molecule has 2 heterocycles. The number of carboxylic acids is 1. The molecule has 0 saturated heterocycles. The zero-order chi connectivity index (χ0) is 12.7. The summed E-state index contributed by atoms with van der Waals surface area (Å²) in [6, 6.07) is 3.20. The highest BCUT2D eigenvalue weighted by Gasteiger charge is 2.18. The molecule has 18 heavy (non-hydrogen) atoms. The van der Waals surface area contributed by atoms with E-state index in [9.17, 15) is 9.59 Å². The minimum Gasteiger partial charge on any atom is -0.477 e. The highest BCUT2D eigenvalue weighted by Crippen LogP contribution is 2.26. The predicted octanol–water partition coefficient (Wildman–Crippen LogP) is 1.69. The van der Waals surface area contributed by atoms with Gasteiger partial charge in [0.2, 0.25) is 0 Å². The van der Waals surface area contributed by atoms with E-state index in [4.69, 9.17) is 5.11 Å². The third-order valence-corrected chi connectivity index (χ3v) is 4.07. The normalized spacial score (nSPS) is 13.6. The minimum absolute atomic E-state index is 0.0993. The first kappa shape index (κ1) is 11.2. The molecule has 0 amide bonds. The van der Waals surface area contributed by atoms with Crippen molar-refractivity contribution in [1.29, 1.82) is 0 Å². The largest absolute Gasteiger partial charge is 0.477 e. The van der Waals surface area contributed by atoms with Gasteiger partial charge in [0.15, 0.2) is 5.82 Å². The number of aromatic amines is 1. The van der Waals surface area contributed by atoms with Crippen molar-refractivity contribution in [2.24, 2.45) is 0 Å². The highest BCUT2D eigenvalue weighted by atomic mass is 32.1. The molecule has 0 aliphatic heterocycles. The summed E-state index contributed by atoms with van der Waals surface area (Å²) >= 11 is 1.12. The zero-order valence-corrected chi connectivity index (χ0v) is 10.2. The Morgan fingerprint density at radius 2 is 2.22 bits per heavy atom. The Morgan fingerprint density at radius 3 is 2.94 bits per heavy atom. The molecule has 0 fully saturated rings. The maximum atomic E-state index is 11.8. The van der Waals surface area contributed by atoms with E-state index in [1.807, 2.05) is 0 Å². The van der Waals surface area contributed by atoms with E-state index in [1.165, 1.54) is 6.07 Å². The van der Waals surface area contributed by atoms with Gasteiger partial charge in [0.05, 0.1) is 10.6 Å². The molecular weight excluding hydrogens is 252 g/mol. The third kappa shape index (κ3) is 1.74. The first-order chi connectivity index (χ1) is 8.65. The van der Waals surface area contributed by atoms with Crippen LogP contribution in [0.15, 0.2) is 16.9 Å². The van der Waals surface area contributed by atoms with Gasteiger partial charge in [-0.2, -0.15) is 0 Å². The molecule has 6 heteroatoms. The van der Waals surface area contributed by atoms with E-state index in [1.54, 1.807) is 6.07 Å². The van der Waals surface area contributed by atoms with E-state index in [0.717, 1.165) is 41.9 Å². The molecule has 0 spiro atoms. The van der Waals surface area contributed by atoms with Gasteiger partial charge in [-0.1, -0.05) is 0 Å². The number of thiophene rings is 1. The number of nitrogens with zero attached hydrogens (tertiary/aromatic N) is 1. The van der Waals surface area contributed by atoms with Crippen molar-refractivity contribution in [3.8, 4) is 10.7 Å². The molecule has 0 bridgehead atoms. The van der Waals surface area contributed by atoms with Crippen LogP contribution in [0.5, 0.6) is 0 Å². The number of aromatic carboxylic acids is 1. The highest BCUT2D eigenvalue weighted by molar-refractivity contribution is 7.17. The fourth-order valence-electron chi connectivity index (χ4n) is 2.14. The summed E-state index contributed by atoms with van der Waals surface area (Å²) in [4.78, 5) is 30.7. The number of aromatic nitrogens is 2. The van der Waals surface area contributed by atoms with Gasteiger partial charge in [-0.25, -0.2) is 9.78 Å². The van der Waals surface area contributed by atoms with Crippen molar-refractivity contribution < 1.29 is 9.90 Å². The second-order valence-corrected chi connectivity index (χ2v) is 5.25. The van der Waals surface area contributed by atoms with Crippen LogP contribution < -0.4 is 5.56 Å². The number of hydrogen-bond donors (Lipinski definition) is 2. The van der Waals surface area contributed by atoms with Crippen molar-refractivity contribution in [3.05, 3.63) is 38.6 Å². The van der Waals surface area contributed by atoms with E-state index >= 15 is 0 Å². The first-order valence-corrected chi connectivity index (χ1v) is 6.42. The standard InChI is InChI=1S/C12H10N2O3S/c15-11-6-2-1-3-7(6)13-10(14-11)8-4-5-9(18-8)12(16)17/h4-5H,1-3H2,(H,16,17)(H,13,14,15). The summed E-state index contributed by atoms with van der Waals surface area (Å²) in [5, 5.41) is 8.87. The fourth-order valence-corrected chi connectivity index (χ4v) is 2.93. The Bertz CT molecular complexity index is 687. The van der Waals surface area contributed by atoms with Gasteiger partial charge in [-0.3, -0.25) is 4.79 Å². The molecule has 92 valence electrons. The number of aryl methyl sites for hydroxylation is 1. The van der Waals surface area contributed by atoms with E-state index in [-0.39, 0.29) is 10.4 Å². The average Bonchev–Trinajstić information content (AvgIpc) is 2.97. The lowest BCUT2D eigenvalue weighted by Gasteiger charge is -2.01. The van der Waals surface area contributed by atoms with Gasteiger partial charge in [-0.05, 0) is 31.4 Å². The zero-order valence-electron chi connectivity index (χ0n) is 9.40. The molecular formula is C12H10N2O3S. The van der Waals surface area contributed by atoms with Gasteiger partial charge in [0.1, 0.15) is 4.88 Å². The van der Waals surface area contributed by atoms with Crippen molar-refractivity contribution in [1.82, 2.24) is 9.97 Å². The second-order valence-electron chi connectivity index (χ2n) is 4.16. The smallest absolute Gasteiger partial charge is 0.345 e. The van der Waals surface area contributed by atoms with Crippen LogP contribution in [0, 0.1) is 0 Å². The Hall–Kier alpha value is -1.95. The Labute approximate surface area is 106 Å². The number of nitrogens with one attached hydrogen (secondary N) is 1. The number of fused-ring (bicyclic) bond motifs is 1. The Kier molecular flexibility index (Phi) is 2.52. The van der Waals surface area contributed by atoms with Gasteiger partial charge in [0.25, 0.3) is 5.56 Å². The van der Waals surface area contributed by atoms with E-state index < -0.39 is 5.97 Å². The third-order valence-electron chi connectivity index (χ3n) is 2.99. The molecule has 0 unspecified atom stereocenters. The number of carboxylic acid groups (broad SMARTS) is 1. The summed E-state index contributed by atoms with van der Waals surface area (Å²) in [5.74, 6) is -0.493. The summed E-state index contributed by atoms with van der Waals surface area (Å²) in [6.45, 7) is 0. The molecule has 0 aromatic carbocycles. The monoisotopic (exact) mass is 262 g/mol. The lowest BCUT2D eigenvalue weighted by atomic mass is 10.2. The number of hydrogen-bond acceptors (Lipinski definition) is 4. The molecule has 5 nitrogen and oxygen atoms in total. The van der Waals surface area contributed by atoms with Crippen LogP contribution in [0.4, 0.5) is 0 Å². The minimum atomic E-state index is -0.963. The molecule has 0 atom stereocenters. The predicted molar refractivity (Wildman–Crippen MR) is 67.2 cm³/mol. The SMILES string of the molecule is O=C(O)c1ccc(-c2nc3c(c(=O)[nH]2)CCC3)s1. The van der Waals surface area contributed by atoms with Crippen LogP contribution in [0.1, 0.15) is 27.3 Å². The average molecular weight is 262 g/mol.